The van der Waals surface area contributed by atoms with Crippen LogP contribution in [0.25, 0.3) is 0 Å². The molecule has 26 heavy (non-hydrogen) atoms. The van der Waals surface area contributed by atoms with Gasteiger partial charge in [-0.2, -0.15) is 0 Å². The number of phenolic OH excluding ortho intramolecular Hbond substituents is 2. The zero-order chi connectivity index (χ0) is 18.3. The van der Waals surface area contributed by atoms with Crippen LogP contribution in [0.15, 0.2) is 53.6 Å². The fraction of sp³-hybridized carbons (Fsp3) is 0.333. The average molecular weight is 350 g/mol. The maximum atomic E-state index is 10.4. The van der Waals surface area contributed by atoms with Gasteiger partial charge in [0.05, 0.1) is 6.10 Å². The third-order valence-electron chi connectivity index (χ3n) is 5.61. The van der Waals surface area contributed by atoms with E-state index >= 15 is 0 Å². The van der Waals surface area contributed by atoms with Crippen molar-refractivity contribution >= 4 is 7.12 Å². The van der Waals surface area contributed by atoms with Crippen LogP contribution in [-0.4, -0.2) is 28.5 Å². The Balaban J connectivity index is 1.67. The smallest absolute Gasteiger partial charge is 0.455 e. The molecule has 1 heterocycles. The van der Waals surface area contributed by atoms with Crippen molar-refractivity contribution in [2.75, 3.05) is 0 Å². The number of hydrogen-bond acceptors (Lipinski definition) is 4. The first-order chi connectivity index (χ1) is 12.5. The Kier molecular flexibility index (Phi) is 4.51. The van der Waals surface area contributed by atoms with Gasteiger partial charge in [-0.1, -0.05) is 35.9 Å². The summed E-state index contributed by atoms with van der Waals surface area (Å²) in [5.74, 6) is 0.275. The molecule has 0 aromatic heterocycles. The summed E-state index contributed by atoms with van der Waals surface area (Å²) in [4.78, 5) is 0. The molecule has 2 aromatic carbocycles. The quantitative estimate of drug-likeness (QED) is 0.450. The number of rotatable bonds is 3. The van der Waals surface area contributed by atoms with Crippen LogP contribution < -0.4 is 0 Å². The SMILES string of the molecule is CC1=C2[C@@H](CCc3ccccc3)OB(O)C[C@@H]2c2c(O)ccc(O)c2C1. The number of aryl methyl sites for hydroxylation is 1. The molecule has 134 valence electrons. The minimum Gasteiger partial charge on any atom is -0.508 e. The van der Waals surface area contributed by atoms with Gasteiger partial charge in [-0.25, -0.2) is 0 Å². The summed E-state index contributed by atoms with van der Waals surface area (Å²) >= 11 is 0. The number of fused-ring (bicyclic) bond motifs is 3. The number of aromatic hydroxyl groups is 2. The summed E-state index contributed by atoms with van der Waals surface area (Å²) in [6.07, 6.45) is 2.46. The summed E-state index contributed by atoms with van der Waals surface area (Å²) in [7, 11) is -0.870. The van der Waals surface area contributed by atoms with Crippen molar-refractivity contribution in [2.45, 2.75) is 44.5 Å². The second-order valence-electron chi connectivity index (χ2n) is 7.30. The average Bonchev–Trinajstić information content (AvgIpc) is 2.63. The highest BCUT2D eigenvalue weighted by molar-refractivity contribution is 6.43. The first-order valence-electron chi connectivity index (χ1n) is 9.15. The summed E-state index contributed by atoms with van der Waals surface area (Å²) in [6.45, 7) is 2.06. The van der Waals surface area contributed by atoms with Crippen molar-refractivity contribution in [1.82, 2.24) is 0 Å². The van der Waals surface area contributed by atoms with Gasteiger partial charge in [-0.3, -0.25) is 0 Å². The lowest BCUT2D eigenvalue weighted by Gasteiger charge is -2.40. The van der Waals surface area contributed by atoms with Crippen molar-refractivity contribution < 1.29 is 19.9 Å². The molecule has 0 saturated carbocycles. The van der Waals surface area contributed by atoms with Crippen LogP contribution in [0.3, 0.4) is 0 Å². The molecule has 1 aliphatic heterocycles. The van der Waals surface area contributed by atoms with Crippen molar-refractivity contribution in [3.05, 3.63) is 70.3 Å². The van der Waals surface area contributed by atoms with Gasteiger partial charge < -0.3 is 19.9 Å². The molecule has 0 radical (unpaired) electrons. The van der Waals surface area contributed by atoms with E-state index in [0.717, 1.165) is 35.1 Å². The van der Waals surface area contributed by atoms with Crippen molar-refractivity contribution in [1.29, 1.82) is 0 Å². The van der Waals surface area contributed by atoms with Gasteiger partial charge in [-0.15, -0.1) is 0 Å². The number of phenols is 2. The molecule has 0 amide bonds. The van der Waals surface area contributed by atoms with E-state index in [-0.39, 0.29) is 23.5 Å². The molecule has 1 aliphatic carbocycles. The molecule has 2 atom stereocenters. The topological polar surface area (TPSA) is 69.9 Å². The molecule has 4 nitrogen and oxygen atoms in total. The molecule has 1 saturated heterocycles. The molecular formula is C21H23BO4. The second kappa shape index (κ2) is 6.82. The summed E-state index contributed by atoms with van der Waals surface area (Å²) in [5.41, 5.74) is 5.07. The predicted octanol–water partition coefficient (Wildman–Crippen LogP) is 3.57. The summed E-state index contributed by atoms with van der Waals surface area (Å²) in [6, 6.07) is 13.3. The Morgan fingerprint density at radius 3 is 2.58 bits per heavy atom. The van der Waals surface area contributed by atoms with Gasteiger partial charge in [0, 0.05) is 17.0 Å². The van der Waals surface area contributed by atoms with Gasteiger partial charge in [0.25, 0.3) is 0 Å². The minimum atomic E-state index is -0.870. The third-order valence-corrected chi connectivity index (χ3v) is 5.61. The largest absolute Gasteiger partial charge is 0.508 e. The fourth-order valence-electron chi connectivity index (χ4n) is 4.47. The molecular weight excluding hydrogens is 327 g/mol. The fourth-order valence-corrected chi connectivity index (χ4v) is 4.47. The standard InChI is InChI=1S/C21H23BO4/c1-13-11-15-17(23)8-9-18(24)21(15)16-12-22(25)26-19(20(13)16)10-7-14-5-3-2-4-6-14/h2-6,8-9,16,19,23-25H,7,10-12H2,1H3/t16-,19+/m0/s1. The minimum absolute atomic E-state index is 0.115. The first kappa shape index (κ1) is 17.2. The van der Waals surface area contributed by atoms with Crippen molar-refractivity contribution in [3.8, 4) is 11.5 Å². The molecule has 2 aliphatic rings. The van der Waals surface area contributed by atoms with E-state index in [9.17, 15) is 15.2 Å². The van der Waals surface area contributed by atoms with Crippen LogP contribution in [0.1, 0.15) is 36.0 Å². The lowest BCUT2D eigenvalue weighted by molar-refractivity contribution is 0.160. The Morgan fingerprint density at radius 1 is 1.08 bits per heavy atom. The first-order valence-corrected chi connectivity index (χ1v) is 9.15. The van der Waals surface area contributed by atoms with E-state index in [0.29, 0.717) is 12.7 Å². The van der Waals surface area contributed by atoms with Gasteiger partial charge >= 0.3 is 7.12 Å². The van der Waals surface area contributed by atoms with E-state index in [1.807, 2.05) is 18.2 Å². The normalized spacial score (nSPS) is 22.2. The molecule has 3 N–H and O–H groups in total. The van der Waals surface area contributed by atoms with Gasteiger partial charge in [-0.05, 0) is 55.8 Å². The molecule has 0 bridgehead atoms. The molecule has 2 aromatic rings. The van der Waals surface area contributed by atoms with E-state index in [1.165, 1.54) is 17.7 Å². The van der Waals surface area contributed by atoms with Crippen LogP contribution >= 0.6 is 0 Å². The molecule has 0 unspecified atom stereocenters. The number of allylic oxidation sites excluding steroid dienone is 1. The maximum absolute atomic E-state index is 10.4. The lowest BCUT2D eigenvalue weighted by Crippen LogP contribution is -2.39. The Hall–Kier alpha value is -2.24. The number of benzene rings is 2. The molecule has 5 heteroatoms. The van der Waals surface area contributed by atoms with Gasteiger partial charge in [0.15, 0.2) is 0 Å². The maximum Gasteiger partial charge on any atom is 0.455 e. The van der Waals surface area contributed by atoms with Crippen molar-refractivity contribution in [3.63, 3.8) is 0 Å². The van der Waals surface area contributed by atoms with Crippen LogP contribution in [0, 0.1) is 0 Å². The molecule has 1 fully saturated rings. The monoisotopic (exact) mass is 350 g/mol. The highest BCUT2D eigenvalue weighted by Crippen LogP contribution is 2.50. The van der Waals surface area contributed by atoms with Crippen LogP contribution in [-0.2, 0) is 17.5 Å². The Labute approximate surface area is 153 Å². The predicted molar refractivity (Wildman–Crippen MR) is 101 cm³/mol. The summed E-state index contributed by atoms with van der Waals surface area (Å²) < 4.78 is 5.89. The molecule has 0 spiro atoms. The zero-order valence-electron chi connectivity index (χ0n) is 14.9. The van der Waals surface area contributed by atoms with Gasteiger partial charge in [0.2, 0.25) is 0 Å². The third kappa shape index (κ3) is 3.02. The zero-order valence-corrected chi connectivity index (χ0v) is 14.9. The van der Waals surface area contributed by atoms with Crippen molar-refractivity contribution in [2.24, 2.45) is 0 Å². The van der Waals surface area contributed by atoms with Crippen LogP contribution in [0.4, 0.5) is 0 Å². The van der Waals surface area contributed by atoms with E-state index in [2.05, 4.69) is 19.1 Å². The Morgan fingerprint density at radius 2 is 1.81 bits per heavy atom. The summed E-state index contributed by atoms with van der Waals surface area (Å²) in [5, 5.41) is 31.0. The second-order valence-corrected chi connectivity index (χ2v) is 7.30. The van der Waals surface area contributed by atoms with E-state index in [4.69, 9.17) is 4.65 Å². The Bertz CT molecular complexity index is 847. The highest BCUT2D eigenvalue weighted by atomic mass is 16.5. The highest BCUT2D eigenvalue weighted by Gasteiger charge is 2.42. The van der Waals surface area contributed by atoms with Crippen LogP contribution in [0.2, 0.25) is 6.32 Å². The van der Waals surface area contributed by atoms with E-state index < -0.39 is 7.12 Å². The lowest BCUT2D eigenvalue weighted by atomic mass is 9.62. The molecule has 4 rings (SSSR count). The van der Waals surface area contributed by atoms with E-state index in [1.54, 1.807) is 0 Å². The number of hydrogen-bond donors (Lipinski definition) is 3. The van der Waals surface area contributed by atoms with Crippen LogP contribution in [0.5, 0.6) is 11.5 Å². The van der Waals surface area contributed by atoms with Gasteiger partial charge in [0.1, 0.15) is 11.5 Å².